The van der Waals surface area contributed by atoms with Crippen LogP contribution in [0.4, 0.5) is 0 Å². The number of ether oxygens (including phenoxy) is 4. The van der Waals surface area contributed by atoms with Crippen molar-refractivity contribution in [3.05, 3.63) is 60.8 Å². The summed E-state index contributed by atoms with van der Waals surface area (Å²) in [6.07, 6.45) is 62.3. The molecular formula is C73H132O17P2. The first kappa shape index (κ1) is 88.8. The molecule has 0 aliphatic heterocycles. The van der Waals surface area contributed by atoms with Crippen molar-refractivity contribution in [1.29, 1.82) is 0 Å². The number of phosphoric ester groups is 2. The number of aliphatic hydroxyl groups excluding tert-OH is 1. The molecular weight excluding hydrogens is 1210 g/mol. The number of hydrogen-bond donors (Lipinski definition) is 3. The zero-order chi connectivity index (χ0) is 67.5. The van der Waals surface area contributed by atoms with E-state index in [0.29, 0.717) is 25.7 Å². The van der Waals surface area contributed by atoms with Gasteiger partial charge in [0.25, 0.3) is 0 Å². The molecule has 0 aliphatic carbocycles. The summed E-state index contributed by atoms with van der Waals surface area (Å²) in [6.45, 7) is 4.74. The van der Waals surface area contributed by atoms with Crippen molar-refractivity contribution in [2.24, 2.45) is 0 Å². The zero-order valence-corrected chi connectivity index (χ0v) is 60.0. The van der Waals surface area contributed by atoms with E-state index in [-0.39, 0.29) is 25.7 Å². The number of esters is 4. The second-order valence-electron chi connectivity index (χ2n) is 24.5. The number of aliphatic hydroxyl groups is 1. The molecule has 0 radical (unpaired) electrons. The lowest BCUT2D eigenvalue weighted by atomic mass is 10.1. The van der Waals surface area contributed by atoms with Gasteiger partial charge in [-0.05, 0) is 122 Å². The normalized spacial score (nSPS) is 14.4. The molecule has 17 nitrogen and oxygen atoms in total. The van der Waals surface area contributed by atoms with Crippen molar-refractivity contribution in [3.8, 4) is 0 Å². The number of carbonyl (C=O) groups excluding carboxylic acids is 4. The summed E-state index contributed by atoms with van der Waals surface area (Å²) in [5, 5.41) is 10.6. The van der Waals surface area contributed by atoms with Crippen molar-refractivity contribution in [1.82, 2.24) is 0 Å². The molecule has 536 valence electrons. The van der Waals surface area contributed by atoms with Gasteiger partial charge in [0.15, 0.2) is 12.2 Å². The van der Waals surface area contributed by atoms with E-state index in [1.54, 1.807) is 0 Å². The Morgan fingerprint density at radius 2 is 0.543 bits per heavy atom. The lowest BCUT2D eigenvalue weighted by Gasteiger charge is -2.21. The van der Waals surface area contributed by atoms with E-state index < -0.39 is 97.5 Å². The van der Waals surface area contributed by atoms with Gasteiger partial charge in [0.1, 0.15) is 19.3 Å². The van der Waals surface area contributed by atoms with Gasteiger partial charge in [0.05, 0.1) is 26.4 Å². The van der Waals surface area contributed by atoms with E-state index in [0.717, 1.165) is 161 Å². The van der Waals surface area contributed by atoms with Gasteiger partial charge >= 0.3 is 39.5 Å². The second-order valence-corrected chi connectivity index (χ2v) is 27.4. The Balaban J connectivity index is 5.32. The van der Waals surface area contributed by atoms with Crippen molar-refractivity contribution in [3.63, 3.8) is 0 Å². The third-order valence-corrected chi connectivity index (χ3v) is 17.3. The zero-order valence-electron chi connectivity index (χ0n) is 58.2. The molecule has 5 atom stereocenters. The van der Waals surface area contributed by atoms with Gasteiger partial charge in [-0.2, -0.15) is 0 Å². The fourth-order valence-corrected chi connectivity index (χ4v) is 11.3. The van der Waals surface area contributed by atoms with Gasteiger partial charge in [-0.15, -0.1) is 0 Å². The minimum atomic E-state index is -4.97. The highest BCUT2D eigenvalue weighted by atomic mass is 31.2. The lowest BCUT2D eigenvalue weighted by molar-refractivity contribution is -0.161. The summed E-state index contributed by atoms with van der Waals surface area (Å²) in [6, 6.07) is 0. The Bertz CT molecular complexity index is 1990. The van der Waals surface area contributed by atoms with Crippen LogP contribution in [0.2, 0.25) is 0 Å². The Labute approximate surface area is 559 Å². The van der Waals surface area contributed by atoms with Crippen LogP contribution >= 0.6 is 15.6 Å². The molecule has 0 bridgehead atoms. The molecule has 5 unspecified atom stereocenters. The van der Waals surface area contributed by atoms with Crippen molar-refractivity contribution in [2.75, 3.05) is 39.6 Å². The van der Waals surface area contributed by atoms with Crippen molar-refractivity contribution >= 4 is 39.5 Å². The molecule has 0 rings (SSSR count). The third-order valence-electron chi connectivity index (χ3n) is 15.4. The predicted octanol–water partition coefficient (Wildman–Crippen LogP) is 20.3. The summed E-state index contributed by atoms with van der Waals surface area (Å²) in [5.41, 5.74) is 0. The van der Waals surface area contributed by atoms with E-state index in [2.05, 4.69) is 88.5 Å². The molecule has 0 saturated heterocycles. The predicted molar refractivity (Wildman–Crippen MR) is 372 cm³/mol. The average molecular weight is 1340 g/mol. The molecule has 0 aliphatic rings. The van der Waals surface area contributed by atoms with Gasteiger partial charge in [0, 0.05) is 25.7 Å². The number of carbonyl (C=O) groups is 4. The molecule has 0 heterocycles. The molecule has 0 aromatic heterocycles. The fraction of sp³-hybridized carbons (Fsp3) is 0.808. The monoisotopic (exact) mass is 1340 g/mol. The van der Waals surface area contributed by atoms with Crippen LogP contribution in [0.1, 0.15) is 323 Å². The maximum Gasteiger partial charge on any atom is 0.472 e. The van der Waals surface area contributed by atoms with Gasteiger partial charge < -0.3 is 33.8 Å². The highest BCUT2D eigenvalue weighted by molar-refractivity contribution is 7.47. The molecule has 0 aromatic carbocycles. The molecule has 0 fully saturated rings. The van der Waals surface area contributed by atoms with E-state index in [4.69, 9.17) is 37.0 Å². The largest absolute Gasteiger partial charge is 0.472 e. The summed E-state index contributed by atoms with van der Waals surface area (Å²) in [5.74, 6) is -2.20. The standard InChI is InChI=1S/C73H132O17P2/c1-5-9-13-17-21-25-29-31-33-35-39-42-46-50-54-58-71(76)84-64-69(90-73(78)60-56-52-48-44-40-36-34-32-30-26-22-18-14-10-6-2)66-88-92(81,82)86-62-67(74)61-85-91(79,80)87-65-68(89-72(77)59-55-51-47-43-38-28-24-20-16-12-8-4)63-83-70(75)57-53-49-45-41-37-27-23-19-15-11-7-3/h19-21,23-25,31-34,67-69,74H,5-18,22,26-30,35-66H2,1-4H3,(H,79,80)(H,81,82)/b23-19-,24-20-,25-21-,33-31-,34-32-. The van der Waals surface area contributed by atoms with Crippen LogP contribution < -0.4 is 0 Å². The Kier molecular flexibility index (Phi) is 64.0. The summed E-state index contributed by atoms with van der Waals surface area (Å²) < 4.78 is 68.2. The van der Waals surface area contributed by atoms with Crippen LogP contribution in [0.5, 0.6) is 0 Å². The Morgan fingerprint density at radius 1 is 0.304 bits per heavy atom. The van der Waals surface area contributed by atoms with Gasteiger partial charge in [0.2, 0.25) is 0 Å². The van der Waals surface area contributed by atoms with Crippen LogP contribution in [-0.4, -0.2) is 96.7 Å². The minimum absolute atomic E-state index is 0.0853. The molecule has 3 N–H and O–H groups in total. The maximum atomic E-state index is 13.0. The highest BCUT2D eigenvalue weighted by Gasteiger charge is 2.30. The molecule has 92 heavy (non-hydrogen) atoms. The first-order valence-corrected chi connectivity index (χ1v) is 39.5. The highest BCUT2D eigenvalue weighted by Crippen LogP contribution is 2.45. The van der Waals surface area contributed by atoms with Crippen molar-refractivity contribution < 1.29 is 80.2 Å². The number of allylic oxidation sites excluding steroid dienone is 10. The fourth-order valence-electron chi connectivity index (χ4n) is 9.74. The summed E-state index contributed by atoms with van der Waals surface area (Å²) in [4.78, 5) is 72.6. The number of unbranched alkanes of at least 4 members (excludes halogenated alkanes) is 33. The quantitative estimate of drug-likeness (QED) is 0.0169. The molecule has 0 saturated carbocycles. The van der Waals surface area contributed by atoms with Gasteiger partial charge in [-0.25, -0.2) is 9.13 Å². The van der Waals surface area contributed by atoms with Crippen LogP contribution in [0, 0.1) is 0 Å². The van der Waals surface area contributed by atoms with E-state index in [1.807, 2.05) is 0 Å². The third kappa shape index (κ3) is 65.4. The topological polar surface area (TPSA) is 237 Å². The molecule has 0 amide bonds. The molecule has 0 aromatic rings. The van der Waals surface area contributed by atoms with Crippen LogP contribution in [0.25, 0.3) is 0 Å². The van der Waals surface area contributed by atoms with Gasteiger partial charge in [-0.3, -0.25) is 37.3 Å². The first-order valence-electron chi connectivity index (χ1n) is 36.5. The SMILES string of the molecule is CCCC/C=C\CCCCCCCC(=O)OCC(COP(=O)(O)OCC(O)COP(=O)(O)OCC(COC(=O)CCCCCCC/C=C\C/C=C\CCCCC)OC(=O)CCCCCCC/C=C\CCCCCCCC)OC(=O)CCCCCCC/C=C\CCCC. The number of phosphoric acid groups is 2. The van der Waals surface area contributed by atoms with E-state index in [9.17, 15) is 43.2 Å². The lowest BCUT2D eigenvalue weighted by Crippen LogP contribution is -2.30. The molecule has 0 spiro atoms. The first-order chi connectivity index (χ1) is 44.7. The smallest absolute Gasteiger partial charge is 0.462 e. The van der Waals surface area contributed by atoms with E-state index >= 15 is 0 Å². The number of hydrogen-bond acceptors (Lipinski definition) is 15. The summed E-state index contributed by atoms with van der Waals surface area (Å²) in [7, 11) is -9.93. The Hall–Kier alpha value is -3.24. The number of rotatable bonds is 69. The Morgan fingerprint density at radius 3 is 0.870 bits per heavy atom. The van der Waals surface area contributed by atoms with Crippen LogP contribution in [0.15, 0.2) is 60.8 Å². The van der Waals surface area contributed by atoms with Crippen LogP contribution in [0.3, 0.4) is 0 Å². The van der Waals surface area contributed by atoms with Crippen LogP contribution in [-0.2, 0) is 65.4 Å². The van der Waals surface area contributed by atoms with Crippen molar-refractivity contribution in [2.45, 2.75) is 341 Å². The second kappa shape index (κ2) is 66.4. The summed E-state index contributed by atoms with van der Waals surface area (Å²) >= 11 is 0. The minimum Gasteiger partial charge on any atom is -0.462 e. The maximum absolute atomic E-state index is 13.0. The van der Waals surface area contributed by atoms with E-state index in [1.165, 1.54) is 83.5 Å². The van der Waals surface area contributed by atoms with Gasteiger partial charge in [-0.1, -0.05) is 236 Å². The average Bonchev–Trinajstić information content (AvgIpc) is 2.39. The molecule has 19 heteroatoms.